The Bertz CT molecular complexity index is 811. The number of nitrogens with zero attached hydrogens (tertiary/aromatic N) is 2. The van der Waals surface area contributed by atoms with E-state index in [2.05, 4.69) is 20.8 Å². The monoisotopic (exact) mass is 408 g/mol. The molecule has 0 aliphatic carbocycles. The zero-order valence-electron chi connectivity index (χ0n) is 16.3. The molecule has 0 saturated heterocycles. The number of rotatable bonds is 10. The van der Waals surface area contributed by atoms with Crippen molar-refractivity contribution in [2.75, 3.05) is 26.5 Å². The Kier molecular flexibility index (Phi) is 8.12. The molecule has 1 aromatic heterocycles. The van der Waals surface area contributed by atoms with Crippen LogP contribution in [0.15, 0.2) is 27.8 Å². The van der Waals surface area contributed by atoms with Crippen LogP contribution in [0.5, 0.6) is 11.5 Å². The first kappa shape index (κ1) is 21.5. The molecule has 28 heavy (non-hydrogen) atoms. The zero-order chi connectivity index (χ0) is 20.5. The molecule has 0 aliphatic heterocycles. The largest absolute Gasteiger partial charge is 0.493 e. The highest BCUT2D eigenvalue weighted by atomic mass is 32.2. The van der Waals surface area contributed by atoms with E-state index in [1.807, 2.05) is 6.92 Å². The average Bonchev–Trinajstić information content (AvgIpc) is 3.18. The van der Waals surface area contributed by atoms with Gasteiger partial charge in [0.2, 0.25) is 17.7 Å². The lowest BCUT2D eigenvalue weighted by Crippen LogP contribution is -2.45. The smallest absolute Gasteiger partial charge is 0.277 e. The third-order valence-electron chi connectivity index (χ3n) is 3.68. The van der Waals surface area contributed by atoms with Crippen LogP contribution in [0, 0.1) is 0 Å². The van der Waals surface area contributed by atoms with Gasteiger partial charge >= 0.3 is 0 Å². The van der Waals surface area contributed by atoms with Gasteiger partial charge in [-0.15, -0.1) is 10.2 Å². The second-order valence-corrected chi connectivity index (χ2v) is 6.74. The molecule has 2 N–H and O–H groups in total. The quantitative estimate of drug-likeness (QED) is 0.573. The van der Waals surface area contributed by atoms with Gasteiger partial charge < -0.3 is 24.5 Å². The van der Waals surface area contributed by atoms with Gasteiger partial charge in [-0.2, -0.15) is 0 Å². The molecular formula is C18H24N4O5S. The predicted molar refractivity (Wildman–Crippen MR) is 104 cm³/mol. The van der Waals surface area contributed by atoms with E-state index in [0.717, 1.165) is 18.2 Å². The summed E-state index contributed by atoms with van der Waals surface area (Å²) in [5.74, 6) is 0.982. The van der Waals surface area contributed by atoms with Crippen molar-refractivity contribution in [1.29, 1.82) is 0 Å². The molecule has 0 saturated carbocycles. The van der Waals surface area contributed by atoms with Crippen LogP contribution < -0.4 is 20.1 Å². The van der Waals surface area contributed by atoms with Gasteiger partial charge in [0.15, 0.2) is 11.5 Å². The standard InChI is InChI=1S/C18H24N4O5S/c1-5-8-19-16(24)11(2)20-15(23)10-28-18-22-21-17(27-18)12-6-7-13(25-3)14(9-12)26-4/h6-7,9,11H,5,8,10H2,1-4H3,(H,19,24)(H,20,23)/t11-/m0/s1. The van der Waals surface area contributed by atoms with E-state index in [9.17, 15) is 9.59 Å². The Labute approximate surface area is 167 Å². The van der Waals surface area contributed by atoms with Crippen LogP contribution in [0.1, 0.15) is 20.3 Å². The van der Waals surface area contributed by atoms with Crippen LogP contribution in [0.25, 0.3) is 11.5 Å². The van der Waals surface area contributed by atoms with Crippen LogP contribution in [0.2, 0.25) is 0 Å². The number of hydrogen-bond acceptors (Lipinski definition) is 8. The third-order valence-corrected chi connectivity index (χ3v) is 4.50. The number of amides is 2. The molecule has 1 heterocycles. The molecule has 1 aromatic carbocycles. The van der Waals surface area contributed by atoms with Gasteiger partial charge in [-0.3, -0.25) is 9.59 Å². The minimum Gasteiger partial charge on any atom is -0.493 e. The van der Waals surface area contributed by atoms with E-state index < -0.39 is 6.04 Å². The Morgan fingerprint density at radius 1 is 1.21 bits per heavy atom. The minimum atomic E-state index is -0.607. The minimum absolute atomic E-state index is 0.0545. The summed E-state index contributed by atoms with van der Waals surface area (Å²) in [6.07, 6.45) is 0.835. The van der Waals surface area contributed by atoms with Gasteiger partial charge in [0.1, 0.15) is 6.04 Å². The molecule has 0 aliphatic rings. The summed E-state index contributed by atoms with van der Waals surface area (Å²) in [6, 6.07) is 4.63. The first-order chi connectivity index (χ1) is 13.5. The van der Waals surface area contributed by atoms with Gasteiger partial charge in [-0.1, -0.05) is 18.7 Å². The fourth-order valence-corrected chi connectivity index (χ4v) is 2.81. The molecule has 152 valence electrons. The second kappa shape index (κ2) is 10.5. The summed E-state index contributed by atoms with van der Waals surface area (Å²) in [5, 5.41) is 13.5. The normalized spacial score (nSPS) is 11.6. The molecule has 1 atom stereocenters. The molecule has 0 unspecified atom stereocenters. The van der Waals surface area contributed by atoms with Crippen molar-refractivity contribution >= 4 is 23.6 Å². The van der Waals surface area contributed by atoms with Crippen LogP contribution in [-0.2, 0) is 9.59 Å². The lowest BCUT2D eigenvalue weighted by molar-refractivity contribution is -0.127. The first-order valence-electron chi connectivity index (χ1n) is 8.74. The van der Waals surface area contributed by atoms with Crippen molar-refractivity contribution < 1.29 is 23.5 Å². The molecule has 2 amide bonds. The predicted octanol–water partition coefficient (Wildman–Crippen LogP) is 1.88. The van der Waals surface area contributed by atoms with Crippen molar-refractivity contribution in [3.63, 3.8) is 0 Å². The summed E-state index contributed by atoms with van der Waals surface area (Å²) in [4.78, 5) is 23.8. The van der Waals surface area contributed by atoms with Crippen molar-refractivity contribution in [3.8, 4) is 23.0 Å². The summed E-state index contributed by atoms with van der Waals surface area (Å²) >= 11 is 1.09. The molecule has 0 bridgehead atoms. The van der Waals surface area contributed by atoms with Crippen LogP contribution in [-0.4, -0.2) is 54.6 Å². The first-order valence-corrected chi connectivity index (χ1v) is 9.72. The van der Waals surface area contributed by atoms with Gasteiger partial charge in [-0.05, 0) is 31.5 Å². The van der Waals surface area contributed by atoms with E-state index in [0.29, 0.717) is 29.5 Å². The van der Waals surface area contributed by atoms with Gasteiger partial charge in [0, 0.05) is 12.1 Å². The van der Waals surface area contributed by atoms with E-state index >= 15 is 0 Å². The highest BCUT2D eigenvalue weighted by Crippen LogP contribution is 2.32. The Balaban J connectivity index is 1.91. The molecule has 10 heteroatoms. The van der Waals surface area contributed by atoms with Crippen LogP contribution >= 0.6 is 11.8 Å². The summed E-state index contributed by atoms with van der Waals surface area (Å²) in [6.45, 7) is 4.17. The number of ether oxygens (including phenoxy) is 2. The maximum absolute atomic E-state index is 12.0. The van der Waals surface area contributed by atoms with Gasteiger partial charge in [0.05, 0.1) is 20.0 Å². The average molecular weight is 408 g/mol. The van der Waals surface area contributed by atoms with E-state index in [-0.39, 0.29) is 22.8 Å². The SMILES string of the molecule is CCCNC(=O)[C@H](C)NC(=O)CSc1nnc(-c2ccc(OC)c(OC)c2)o1. The molecule has 9 nitrogen and oxygen atoms in total. The number of nitrogens with one attached hydrogen (secondary N) is 2. The Morgan fingerprint density at radius 3 is 2.64 bits per heavy atom. The fourth-order valence-electron chi connectivity index (χ4n) is 2.23. The molecule has 0 spiro atoms. The molecule has 0 fully saturated rings. The highest BCUT2D eigenvalue weighted by Gasteiger charge is 2.17. The number of aromatic nitrogens is 2. The molecule has 0 radical (unpaired) electrons. The third kappa shape index (κ3) is 5.88. The van der Waals surface area contributed by atoms with Crippen LogP contribution in [0.4, 0.5) is 0 Å². The van der Waals surface area contributed by atoms with Gasteiger partial charge in [-0.25, -0.2) is 0 Å². The van der Waals surface area contributed by atoms with Crippen molar-refractivity contribution in [2.24, 2.45) is 0 Å². The lowest BCUT2D eigenvalue weighted by atomic mass is 10.2. The number of hydrogen-bond donors (Lipinski definition) is 2. The fraction of sp³-hybridized carbons (Fsp3) is 0.444. The number of carbonyl (C=O) groups is 2. The Morgan fingerprint density at radius 2 is 1.96 bits per heavy atom. The number of benzene rings is 1. The van der Waals surface area contributed by atoms with Crippen LogP contribution in [0.3, 0.4) is 0 Å². The molecule has 2 aromatic rings. The second-order valence-electron chi connectivity index (χ2n) is 5.81. The lowest BCUT2D eigenvalue weighted by Gasteiger charge is -2.13. The van der Waals surface area contributed by atoms with E-state index in [1.54, 1.807) is 39.3 Å². The van der Waals surface area contributed by atoms with Crippen molar-refractivity contribution in [3.05, 3.63) is 18.2 Å². The van der Waals surface area contributed by atoms with Crippen molar-refractivity contribution in [2.45, 2.75) is 31.5 Å². The number of carbonyl (C=O) groups excluding carboxylic acids is 2. The molecular weight excluding hydrogens is 384 g/mol. The highest BCUT2D eigenvalue weighted by molar-refractivity contribution is 7.99. The Hall–Kier alpha value is -2.75. The maximum Gasteiger partial charge on any atom is 0.277 e. The summed E-state index contributed by atoms with van der Waals surface area (Å²) in [7, 11) is 3.09. The number of thioether (sulfide) groups is 1. The summed E-state index contributed by atoms with van der Waals surface area (Å²) in [5.41, 5.74) is 0.669. The van der Waals surface area contributed by atoms with Gasteiger partial charge in [0.25, 0.3) is 5.22 Å². The summed E-state index contributed by atoms with van der Waals surface area (Å²) < 4.78 is 16.0. The maximum atomic E-state index is 12.0. The van der Waals surface area contributed by atoms with E-state index in [4.69, 9.17) is 13.9 Å². The van der Waals surface area contributed by atoms with E-state index in [1.165, 1.54) is 0 Å². The molecule has 2 rings (SSSR count). The zero-order valence-corrected chi connectivity index (χ0v) is 17.1. The van der Waals surface area contributed by atoms with Crippen molar-refractivity contribution in [1.82, 2.24) is 20.8 Å². The number of methoxy groups -OCH3 is 2. The topological polar surface area (TPSA) is 116 Å².